The largest absolute Gasteiger partial charge is 1.00 e. The molecule has 0 amide bonds. The molecule has 1 unspecified atom stereocenters. The van der Waals surface area contributed by atoms with E-state index in [4.69, 9.17) is 24.7 Å². The van der Waals surface area contributed by atoms with Crippen molar-refractivity contribution in [2.75, 3.05) is 84.8 Å². The van der Waals surface area contributed by atoms with E-state index in [2.05, 4.69) is 19.8 Å². The molecule has 4 rings (SSSR count). The number of ether oxygens (including phenoxy) is 4. The number of nitrogens with zero attached hydrogens (tertiary/aromatic N) is 4. The first-order chi connectivity index (χ1) is 21.2. The minimum atomic E-state index is -0.246. The van der Waals surface area contributed by atoms with E-state index in [1.807, 2.05) is 61.1 Å². The van der Waals surface area contributed by atoms with Crippen LogP contribution in [0.15, 0.2) is 60.7 Å². The van der Waals surface area contributed by atoms with Gasteiger partial charge in [0.2, 0.25) is 0 Å². The third-order valence-corrected chi connectivity index (χ3v) is 6.96. The Morgan fingerprint density at radius 3 is 1.68 bits per heavy atom. The topological polar surface area (TPSA) is 189 Å². The van der Waals surface area contributed by atoms with Gasteiger partial charge in [0.1, 0.15) is 0 Å². The maximum atomic E-state index is 11.4. The molecule has 0 aliphatic carbocycles. The maximum absolute atomic E-state index is 11.4. The first-order valence-corrected chi connectivity index (χ1v) is 14.5. The fourth-order valence-electron chi connectivity index (χ4n) is 4.80. The van der Waals surface area contributed by atoms with Gasteiger partial charge in [-0.05, 0) is 17.7 Å². The zero-order chi connectivity index (χ0) is 30.1. The standard InChI is InChI=1S/C32H39N5O6.2Na.2H2O/c33-27-9-7-26(8-10-27)32(31-6-2-5-30(25-39)35-31)37-13-17-42-21-19-40-15-11-36(12-16-41-20-22-43-18-14-37)23-28-3-1-4-29(24-38)34-28;;;;/h1-10,32H,11-23,33H2;;;2*1H2/q-2;2*+1;;/p-2. The van der Waals surface area contributed by atoms with Crippen LogP contribution < -0.4 is 64.8 Å². The third-order valence-electron chi connectivity index (χ3n) is 6.96. The van der Waals surface area contributed by atoms with E-state index in [1.54, 1.807) is 12.1 Å². The van der Waals surface area contributed by atoms with E-state index in [1.165, 1.54) is 0 Å². The Morgan fingerprint density at radius 2 is 1.15 bits per heavy atom. The fourth-order valence-corrected chi connectivity index (χ4v) is 4.80. The molecule has 13 nitrogen and oxygen atoms in total. The normalized spacial score (nSPS) is 16.7. The molecular weight excluding hydrogens is 628 g/mol. The Hall–Kier alpha value is -1.66. The summed E-state index contributed by atoms with van der Waals surface area (Å²) in [5.74, 6) is 0. The van der Waals surface area contributed by atoms with E-state index in [9.17, 15) is 9.59 Å². The van der Waals surface area contributed by atoms with Crippen LogP contribution in [0.5, 0.6) is 0 Å². The molecular formula is C32H41N5Na2O8-2. The minimum Gasteiger partial charge on any atom is -0.870 e. The van der Waals surface area contributed by atoms with Crippen LogP contribution in [-0.2, 0) is 35.1 Å². The maximum Gasteiger partial charge on any atom is 1.00 e. The summed E-state index contributed by atoms with van der Waals surface area (Å²) in [5.41, 5.74) is 9.71. The first-order valence-electron chi connectivity index (χ1n) is 14.5. The van der Waals surface area contributed by atoms with Gasteiger partial charge in [-0.3, -0.25) is 19.8 Å². The number of benzene rings is 1. The number of nitrogen functional groups attached to an aromatic ring is 1. The first kappa shape index (κ1) is 45.3. The molecule has 0 radical (unpaired) electrons. The van der Waals surface area contributed by atoms with E-state index in [0.29, 0.717) is 97.0 Å². The summed E-state index contributed by atoms with van der Waals surface area (Å²) < 4.78 is 23.6. The molecule has 0 spiro atoms. The zero-order valence-electron chi connectivity index (χ0n) is 27.3. The van der Waals surface area contributed by atoms with Gasteiger partial charge in [-0.2, -0.15) is 12.1 Å². The van der Waals surface area contributed by atoms with E-state index in [-0.39, 0.29) is 81.8 Å². The second kappa shape index (κ2) is 26.2. The minimum absolute atomic E-state index is 0. The van der Waals surface area contributed by atoms with Gasteiger partial charge in [0.25, 0.3) is 0 Å². The Balaban J connectivity index is 0.00000529. The van der Waals surface area contributed by atoms with Gasteiger partial charge in [-0.15, -0.1) is 12.1 Å². The number of hydrogen-bond acceptors (Lipinski definition) is 13. The van der Waals surface area contributed by atoms with Crippen molar-refractivity contribution in [2.24, 2.45) is 0 Å². The number of pyridine rings is 2. The van der Waals surface area contributed by atoms with Crippen LogP contribution >= 0.6 is 0 Å². The summed E-state index contributed by atoms with van der Waals surface area (Å²) in [4.78, 5) is 35.7. The molecule has 0 saturated carbocycles. The van der Waals surface area contributed by atoms with E-state index in [0.717, 1.165) is 17.0 Å². The van der Waals surface area contributed by atoms with Gasteiger partial charge in [-0.1, -0.05) is 35.7 Å². The SMILES string of the molecule is Nc1ccc(C(c2cccc([C-]=O)n2)N2CCOCCOCCN(Cc3cccc([C-]=O)n3)CCOCCOCC2)cc1.[Na+].[Na+].[OH-].[OH-]. The fraction of sp³-hybridized carbons (Fsp3) is 0.438. The molecule has 1 aliphatic rings. The summed E-state index contributed by atoms with van der Waals surface area (Å²) in [6.07, 6.45) is 3.74. The van der Waals surface area contributed by atoms with Gasteiger partial charge < -0.3 is 45.2 Å². The Morgan fingerprint density at radius 1 is 0.660 bits per heavy atom. The van der Waals surface area contributed by atoms with E-state index < -0.39 is 0 Å². The average Bonchev–Trinajstić information content (AvgIpc) is 3.03. The Labute approximate surface area is 320 Å². The summed E-state index contributed by atoms with van der Waals surface area (Å²) in [6.45, 7) is 6.94. The van der Waals surface area contributed by atoms with Crippen molar-refractivity contribution in [2.45, 2.75) is 12.6 Å². The predicted molar refractivity (Wildman–Crippen MR) is 165 cm³/mol. The predicted octanol–water partition coefficient (Wildman–Crippen LogP) is -4.40. The second-order valence-corrected chi connectivity index (χ2v) is 10.00. The Kier molecular flexibility index (Phi) is 25.3. The molecule has 1 saturated heterocycles. The molecule has 1 aromatic carbocycles. The number of rotatable bonds is 7. The van der Waals surface area contributed by atoms with Crippen LogP contribution in [0.3, 0.4) is 0 Å². The van der Waals surface area contributed by atoms with Crippen molar-refractivity contribution in [3.05, 3.63) is 89.0 Å². The second-order valence-electron chi connectivity index (χ2n) is 10.00. The van der Waals surface area contributed by atoms with Crippen molar-refractivity contribution in [1.29, 1.82) is 0 Å². The molecule has 2 aromatic heterocycles. The van der Waals surface area contributed by atoms with Crippen LogP contribution in [0, 0.1) is 0 Å². The quantitative estimate of drug-likeness (QED) is 0.144. The molecule has 3 heterocycles. The number of nitrogens with two attached hydrogens (primary N) is 1. The van der Waals surface area contributed by atoms with Crippen LogP contribution in [0.2, 0.25) is 0 Å². The summed E-state index contributed by atoms with van der Waals surface area (Å²) in [6, 6.07) is 18.1. The van der Waals surface area contributed by atoms with Crippen LogP contribution in [0.1, 0.15) is 34.4 Å². The number of anilines is 1. The smallest absolute Gasteiger partial charge is 0.870 e. The molecule has 3 aromatic rings. The van der Waals surface area contributed by atoms with Crippen molar-refractivity contribution >= 4 is 18.3 Å². The number of hydrogen-bond donors (Lipinski definition) is 1. The molecule has 15 heteroatoms. The monoisotopic (exact) mass is 669 g/mol. The van der Waals surface area contributed by atoms with Crippen LogP contribution in [0.4, 0.5) is 5.69 Å². The molecule has 0 bridgehead atoms. The Bertz CT molecular complexity index is 1260. The average molecular weight is 670 g/mol. The van der Waals surface area contributed by atoms with Crippen molar-refractivity contribution in [3.8, 4) is 0 Å². The summed E-state index contributed by atoms with van der Waals surface area (Å²) >= 11 is 0. The van der Waals surface area contributed by atoms with Gasteiger partial charge >= 0.3 is 59.1 Å². The number of aromatic nitrogens is 2. The third kappa shape index (κ3) is 16.1. The molecule has 246 valence electrons. The summed E-state index contributed by atoms with van der Waals surface area (Å²) in [7, 11) is 0. The molecule has 1 aliphatic heterocycles. The molecule has 47 heavy (non-hydrogen) atoms. The van der Waals surface area contributed by atoms with Gasteiger partial charge in [-0.25, -0.2) is 0 Å². The molecule has 4 N–H and O–H groups in total. The van der Waals surface area contributed by atoms with E-state index >= 15 is 0 Å². The summed E-state index contributed by atoms with van der Waals surface area (Å²) in [5, 5.41) is 0. The van der Waals surface area contributed by atoms with Crippen LogP contribution in [0.25, 0.3) is 0 Å². The van der Waals surface area contributed by atoms with Gasteiger partial charge in [0, 0.05) is 56.7 Å². The molecule has 1 atom stereocenters. The van der Waals surface area contributed by atoms with Crippen LogP contribution in [-0.4, -0.2) is 122 Å². The van der Waals surface area contributed by atoms with Gasteiger partial charge in [0.15, 0.2) is 0 Å². The van der Waals surface area contributed by atoms with Crippen molar-refractivity contribution in [1.82, 2.24) is 19.8 Å². The van der Waals surface area contributed by atoms with Gasteiger partial charge in [0.05, 0.1) is 64.6 Å². The van der Waals surface area contributed by atoms with Crippen molar-refractivity contribution < 1.29 is 98.6 Å². The number of carbonyl (C=O) groups excluding carboxylic acids is 2. The van der Waals surface area contributed by atoms with Crippen molar-refractivity contribution in [3.63, 3.8) is 0 Å². The molecule has 1 fully saturated rings. The zero-order valence-corrected chi connectivity index (χ0v) is 31.3.